The minimum atomic E-state index is -0.313. The summed E-state index contributed by atoms with van der Waals surface area (Å²) in [5.74, 6) is 0.626. The smallest absolute Gasteiger partial charge is 0.263 e. The van der Waals surface area contributed by atoms with E-state index >= 15 is 0 Å². The molecule has 0 saturated carbocycles. The number of carbonyl (C=O) groups is 1. The first kappa shape index (κ1) is 13.8. The number of amides is 1. The molecule has 98 valence electrons. The number of hydrogen-bond acceptors (Lipinski definition) is 4. The van der Waals surface area contributed by atoms with Crippen LogP contribution in [0.1, 0.15) is 0 Å². The molecule has 5 nitrogen and oxygen atoms in total. The average Bonchev–Trinajstić information content (AvgIpc) is 2.41. The number of halogens is 2. The Kier molecular flexibility index (Phi) is 4.70. The van der Waals surface area contributed by atoms with Crippen LogP contribution in [0.5, 0.6) is 5.75 Å². The molecule has 19 heavy (non-hydrogen) atoms. The molecule has 0 aliphatic carbocycles. The molecule has 0 unspecified atom stereocenters. The molecule has 0 atom stereocenters. The number of hydrogen-bond donors (Lipinski definition) is 1. The van der Waals surface area contributed by atoms with Gasteiger partial charge in [-0.2, -0.15) is 0 Å². The monoisotopic (exact) mass is 341 g/mol. The number of benzene rings is 1. The van der Waals surface area contributed by atoms with Crippen LogP contribution < -0.4 is 10.1 Å². The van der Waals surface area contributed by atoms with E-state index in [1.165, 1.54) is 12.4 Å². The van der Waals surface area contributed by atoms with Gasteiger partial charge in [-0.1, -0.05) is 11.6 Å². The molecule has 7 heteroatoms. The molecule has 0 radical (unpaired) electrons. The van der Waals surface area contributed by atoms with E-state index in [0.717, 1.165) is 0 Å². The quantitative estimate of drug-likeness (QED) is 0.928. The highest BCUT2D eigenvalue weighted by atomic mass is 79.9. The third kappa shape index (κ3) is 4.50. The molecule has 2 rings (SSSR count). The lowest BCUT2D eigenvalue weighted by Crippen LogP contribution is -2.20. The van der Waals surface area contributed by atoms with Crippen LogP contribution in [0.4, 0.5) is 5.82 Å². The summed E-state index contributed by atoms with van der Waals surface area (Å²) >= 11 is 8.90. The largest absolute Gasteiger partial charge is 0.484 e. The fourth-order valence-corrected chi connectivity index (χ4v) is 1.57. The second-order valence-corrected chi connectivity index (χ2v) is 4.76. The lowest BCUT2D eigenvalue weighted by Gasteiger charge is -2.06. The van der Waals surface area contributed by atoms with Gasteiger partial charge in [0.1, 0.15) is 10.4 Å². The van der Waals surface area contributed by atoms with E-state index in [0.29, 0.717) is 21.2 Å². The Morgan fingerprint density at radius 2 is 2.00 bits per heavy atom. The van der Waals surface area contributed by atoms with Gasteiger partial charge < -0.3 is 10.1 Å². The average molecular weight is 343 g/mol. The molecule has 0 bridgehead atoms. The Morgan fingerprint density at radius 1 is 1.26 bits per heavy atom. The first-order valence-electron chi connectivity index (χ1n) is 5.29. The number of ether oxygens (including phenoxy) is 1. The Balaban J connectivity index is 1.84. The van der Waals surface area contributed by atoms with Crippen molar-refractivity contribution in [1.82, 2.24) is 9.97 Å². The molecular formula is C12H9BrClN3O2. The number of nitrogens with zero attached hydrogens (tertiary/aromatic N) is 2. The standard InChI is InChI=1S/C12H9BrClN3O2/c13-10-5-16-11(6-15-10)17-12(18)7-19-9-3-1-8(14)2-4-9/h1-6H,7H2,(H,16,17,18). The van der Waals surface area contributed by atoms with Gasteiger partial charge in [-0.15, -0.1) is 0 Å². The normalized spacial score (nSPS) is 10.0. The number of carbonyl (C=O) groups excluding carboxylic acids is 1. The number of rotatable bonds is 4. The van der Waals surface area contributed by atoms with E-state index in [1.54, 1.807) is 24.3 Å². The van der Waals surface area contributed by atoms with Crippen molar-refractivity contribution in [3.8, 4) is 5.75 Å². The number of nitrogens with one attached hydrogen (secondary N) is 1. The van der Waals surface area contributed by atoms with Crippen LogP contribution in [0.25, 0.3) is 0 Å². The highest BCUT2D eigenvalue weighted by Crippen LogP contribution is 2.15. The van der Waals surface area contributed by atoms with Gasteiger partial charge in [0.2, 0.25) is 0 Å². The van der Waals surface area contributed by atoms with Crippen molar-refractivity contribution in [2.24, 2.45) is 0 Å². The van der Waals surface area contributed by atoms with Crippen molar-refractivity contribution in [2.75, 3.05) is 11.9 Å². The van der Waals surface area contributed by atoms with Gasteiger partial charge in [-0.05, 0) is 40.2 Å². The van der Waals surface area contributed by atoms with Crippen LogP contribution in [0.3, 0.4) is 0 Å². The Hall–Kier alpha value is -1.66. The van der Waals surface area contributed by atoms with Gasteiger partial charge in [0, 0.05) is 5.02 Å². The zero-order chi connectivity index (χ0) is 13.7. The summed E-state index contributed by atoms with van der Waals surface area (Å²) in [6.07, 6.45) is 2.94. The van der Waals surface area contributed by atoms with Crippen molar-refractivity contribution in [3.05, 3.63) is 46.3 Å². The maximum atomic E-state index is 11.6. The van der Waals surface area contributed by atoms with E-state index in [-0.39, 0.29) is 12.5 Å². The van der Waals surface area contributed by atoms with Crippen LogP contribution >= 0.6 is 27.5 Å². The van der Waals surface area contributed by atoms with Gasteiger partial charge in [0.15, 0.2) is 12.4 Å². The highest BCUT2D eigenvalue weighted by molar-refractivity contribution is 9.10. The molecule has 0 fully saturated rings. The van der Waals surface area contributed by atoms with Crippen LogP contribution in [-0.4, -0.2) is 22.5 Å². The predicted molar refractivity (Wildman–Crippen MR) is 75.3 cm³/mol. The first-order valence-corrected chi connectivity index (χ1v) is 6.46. The molecule has 0 aliphatic rings. The van der Waals surface area contributed by atoms with Gasteiger partial charge in [-0.25, -0.2) is 9.97 Å². The Morgan fingerprint density at radius 3 is 2.63 bits per heavy atom. The van der Waals surface area contributed by atoms with E-state index in [9.17, 15) is 4.79 Å². The van der Waals surface area contributed by atoms with Crippen LogP contribution in [0.2, 0.25) is 5.02 Å². The highest BCUT2D eigenvalue weighted by Gasteiger charge is 2.05. The summed E-state index contributed by atoms with van der Waals surface area (Å²) in [6, 6.07) is 6.76. The maximum absolute atomic E-state index is 11.6. The van der Waals surface area contributed by atoms with E-state index < -0.39 is 0 Å². The second kappa shape index (κ2) is 6.49. The molecule has 1 aromatic carbocycles. The van der Waals surface area contributed by atoms with Crippen LogP contribution in [0, 0.1) is 0 Å². The molecule has 1 N–H and O–H groups in total. The van der Waals surface area contributed by atoms with Crippen molar-refractivity contribution in [2.45, 2.75) is 0 Å². The number of aromatic nitrogens is 2. The van der Waals surface area contributed by atoms with Crippen molar-refractivity contribution < 1.29 is 9.53 Å². The van der Waals surface area contributed by atoms with Crippen LogP contribution in [0.15, 0.2) is 41.3 Å². The molecular weight excluding hydrogens is 334 g/mol. The Bertz CT molecular complexity index is 560. The molecule has 0 aliphatic heterocycles. The Labute approximate surface area is 123 Å². The van der Waals surface area contributed by atoms with Gasteiger partial charge in [0.25, 0.3) is 5.91 Å². The summed E-state index contributed by atoms with van der Waals surface area (Å²) < 4.78 is 5.89. The molecule has 1 heterocycles. The lowest BCUT2D eigenvalue weighted by atomic mass is 10.3. The van der Waals surface area contributed by atoms with Gasteiger partial charge in [0.05, 0.1) is 12.4 Å². The maximum Gasteiger partial charge on any atom is 0.263 e. The minimum absolute atomic E-state index is 0.112. The number of anilines is 1. The third-order valence-corrected chi connectivity index (χ3v) is 2.73. The summed E-state index contributed by atoms with van der Waals surface area (Å²) in [5.41, 5.74) is 0. The van der Waals surface area contributed by atoms with E-state index in [4.69, 9.17) is 16.3 Å². The second-order valence-electron chi connectivity index (χ2n) is 3.52. The summed E-state index contributed by atoms with van der Waals surface area (Å²) in [5, 5.41) is 3.18. The third-order valence-electron chi connectivity index (χ3n) is 2.07. The first-order chi connectivity index (χ1) is 9.13. The van der Waals surface area contributed by atoms with Crippen LogP contribution in [-0.2, 0) is 4.79 Å². The summed E-state index contributed by atoms with van der Waals surface area (Å²) in [6.45, 7) is -0.112. The van der Waals surface area contributed by atoms with E-state index in [1.807, 2.05) is 0 Å². The zero-order valence-corrected chi connectivity index (χ0v) is 12.0. The molecule has 0 spiro atoms. The topological polar surface area (TPSA) is 64.1 Å². The van der Waals surface area contributed by atoms with E-state index in [2.05, 4.69) is 31.2 Å². The minimum Gasteiger partial charge on any atom is -0.484 e. The fraction of sp³-hybridized carbons (Fsp3) is 0.0833. The zero-order valence-electron chi connectivity index (χ0n) is 9.64. The predicted octanol–water partition coefficient (Wildman–Crippen LogP) is 2.91. The van der Waals surface area contributed by atoms with Crippen molar-refractivity contribution in [1.29, 1.82) is 0 Å². The van der Waals surface area contributed by atoms with Crippen molar-refractivity contribution in [3.63, 3.8) is 0 Å². The molecule has 1 aromatic heterocycles. The molecule has 1 amide bonds. The SMILES string of the molecule is O=C(COc1ccc(Cl)cc1)Nc1cnc(Br)cn1. The molecule has 2 aromatic rings. The lowest BCUT2D eigenvalue weighted by molar-refractivity contribution is -0.118. The van der Waals surface area contributed by atoms with Gasteiger partial charge in [-0.3, -0.25) is 4.79 Å². The molecule has 0 saturated heterocycles. The summed E-state index contributed by atoms with van der Waals surface area (Å²) in [7, 11) is 0. The van der Waals surface area contributed by atoms with Crippen molar-refractivity contribution >= 4 is 39.3 Å². The fourth-order valence-electron chi connectivity index (χ4n) is 1.24. The van der Waals surface area contributed by atoms with Gasteiger partial charge >= 0.3 is 0 Å². The summed E-state index contributed by atoms with van der Waals surface area (Å²) in [4.78, 5) is 19.5.